The summed E-state index contributed by atoms with van der Waals surface area (Å²) < 4.78 is 26.4. The van der Waals surface area contributed by atoms with Crippen molar-refractivity contribution in [1.29, 1.82) is 0 Å². The van der Waals surface area contributed by atoms with Crippen LogP contribution in [0, 0.1) is 0 Å². The molecule has 0 aromatic heterocycles. The summed E-state index contributed by atoms with van der Waals surface area (Å²) in [5.74, 6) is -0.875. The second kappa shape index (κ2) is 41.4. The molecule has 0 aromatic carbocycles. The van der Waals surface area contributed by atoms with Crippen LogP contribution in [0.15, 0.2) is 12.2 Å². The highest BCUT2D eigenvalue weighted by Crippen LogP contribution is 2.36. The van der Waals surface area contributed by atoms with Crippen molar-refractivity contribution in [3.8, 4) is 0 Å². The number of rotatable bonds is 43. The molecule has 2 N–H and O–H groups in total. The SMILES string of the molecule is CCCCCC/C=C\CCCCCCCCCC(=O)OC[C@H](COP(=O)(O)O)OC(=O)CCCCCCCCCCCCCCCCCCCCCCC. The van der Waals surface area contributed by atoms with Crippen molar-refractivity contribution in [2.24, 2.45) is 0 Å². The molecule has 0 amide bonds. The van der Waals surface area contributed by atoms with Crippen LogP contribution in [0.3, 0.4) is 0 Å². The second-order valence-electron chi connectivity index (χ2n) is 15.7. The van der Waals surface area contributed by atoms with Gasteiger partial charge in [-0.15, -0.1) is 0 Å². The average molecular weight is 787 g/mol. The normalized spacial score (nSPS) is 12.4. The Bertz CT molecular complexity index is 889. The third-order valence-electron chi connectivity index (χ3n) is 10.3. The summed E-state index contributed by atoms with van der Waals surface area (Å²) in [5.41, 5.74) is 0. The summed E-state index contributed by atoms with van der Waals surface area (Å²) in [7, 11) is -4.75. The Morgan fingerprint density at radius 1 is 0.463 bits per heavy atom. The Hall–Kier alpha value is -1.21. The Balaban J connectivity index is 3.82. The molecule has 0 unspecified atom stereocenters. The number of allylic oxidation sites excluding steroid dienone is 2. The monoisotopic (exact) mass is 787 g/mol. The topological polar surface area (TPSA) is 119 Å². The maximum atomic E-state index is 12.4. The van der Waals surface area contributed by atoms with Gasteiger partial charge in [0.2, 0.25) is 0 Å². The fourth-order valence-electron chi connectivity index (χ4n) is 6.84. The van der Waals surface area contributed by atoms with Crippen molar-refractivity contribution in [1.82, 2.24) is 0 Å². The lowest BCUT2D eigenvalue weighted by Crippen LogP contribution is -2.29. The van der Waals surface area contributed by atoms with Gasteiger partial charge in [-0.1, -0.05) is 206 Å². The largest absolute Gasteiger partial charge is 0.469 e. The number of ether oxygens (including phenoxy) is 2. The summed E-state index contributed by atoms with van der Waals surface area (Å²) in [6.07, 6.45) is 46.5. The van der Waals surface area contributed by atoms with Gasteiger partial charge in [-0.2, -0.15) is 0 Å². The molecule has 0 fully saturated rings. The fraction of sp³-hybridized carbons (Fsp3) is 0.911. The van der Waals surface area contributed by atoms with Gasteiger partial charge >= 0.3 is 19.8 Å². The average Bonchev–Trinajstić information content (AvgIpc) is 3.14. The summed E-state index contributed by atoms with van der Waals surface area (Å²) in [6, 6.07) is 0. The molecule has 8 nitrogen and oxygen atoms in total. The van der Waals surface area contributed by atoms with Gasteiger partial charge in [0.05, 0.1) is 6.61 Å². The third kappa shape index (κ3) is 43.5. The molecule has 9 heteroatoms. The number of phosphoric ester groups is 1. The van der Waals surface area contributed by atoms with E-state index in [1.54, 1.807) is 0 Å². The maximum absolute atomic E-state index is 12.4. The first-order valence-corrected chi connectivity index (χ1v) is 24.5. The predicted molar refractivity (Wildman–Crippen MR) is 226 cm³/mol. The molecular formula is C45H87O8P. The van der Waals surface area contributed by atoms with Gasteiger partial charge in [-0.25, -0.2) is 4.57 Å². The van der Waals surface area contributed by atoms with Crippen molar-refractivity contribution >= 4 is 19.8 Å². The molecule has 0 saturated carbocycles. The molecule has 0 rings (SSSR count). The molecule has 0 aliphatic carbocycles. The molecular weight excluding hydrogens is 699 g/mol. The lowest BCUT2D eigenvalue weighted by atomic mass is 10.0. The maximum Gasteiger partial charge on any atom is 0.469 e. The second-order valence-corrected chi connectivity index (χ2v) is 17.0. The van der Waals surface area contributed by atoms with Crippen molar-refractivity contribution < 1.29 is 37.9 Å². The van der Waals surface area contributed by atoms with E-state index in [2.05, 4.69) is 30.5 Å². The molecule has 0 heterocycles. The zero-order chi connectivity index (χ0) is 39.6. The highest BCUT2D eigenvalue weighted by Gasteiger charge is 2.23. The predicted octanol–water partition coefficient (Wildman–Crippen LogP) is 14.2. The van der Waals surface area contributed by atoms with E-state index >= 15 is 0 Å². The molecule has 0 aromatic rings. The molecule has 320 valence electrons. The number of hydrogen-bond acceptors (Lipinski definition) is 6. The number of unbranched alkanes of at least 4 members (excludes halogenated alkanes) is 31. The van der Waals surface area contributed by atoms with Gasteiger partial charge in [-0.3, -0.25) is 14.1 Å². The lowest BCUT2D eigenvalue weighted by molar-refractivity contribution is -0.161. The highest BCUT2D eigenvalue weighted by molar-refractivity contribution is 7.46. The van der Waals surface area contributed by atoms with E-state index < -0.39 is 32.5 Å². The molecule has 1 atom stereocenters. The van der Waals surface area contributed by atoms with Crippen LogP contribution in [0.25, 0.3) is 0 Å². The smallest absolute Gasteiger partial charge is 0.462 e. The van der Waals surface area contributed by atoms with Crippen LogP contribution in [0.4, 0.5) is 0 Å². The Morgan fingerprint density at radius 2 is 0.778 bits per heavy atom. The van der Waals surface area contributed by atoms with E-state index in [-0.39, 0.29) is 19.4 Å². The van der Waals surface area contributed by atoms with Crippen LogP contribution < -0.4 is 0 Å². The first-order chi connectivity index (χ1) is 26.3. The van der Waals surface area contributed by atoms with Crippen molar-refractivity contribution in [2.45, 2.75) is 251 Å². The van der Waals surface area contributed by atoms with E-state index in [4.69, 9.17) is 19.3 Å². The third-order valence-corrected chi connectivity index (χ3v) is 10.8. The summed E-state index contributed by atoms with van der Waals surface area (Å²) in [4.78, 5) is 42.9. The zero-order valence-electron chi connectivity index (χ0n) is 35.4. The van der Waals surface area contributed by atoms with Gasteiger partial charge in [0.25, 0.3) is 0 Å². The van der Waals surface area contributed by atoms with Crippen molar-refractivity contribution in [3.63, 3.8) is 0 Å². The van der Waals surface area contributed by atoms with Gasteiger partial charge in [0.15, 0.2) is 6.10 Å². The van der Waals surface area contributed by atoms with E-state index in [0.717, 1.165) is 44.9 Å². The van der Waals surface area contributed by atoms with Crippen molar-refractivity contribution in [3.05, 3.63) is 12.2 Å². The Kier molecular flexibility index (Phi) is 40.5. The molecule has 0 bridgehead atoms. The lowest BCUT2D eigenvalue weighted by Gasteiger charge is -2.18. The molecule has 0 spiro atoms. The van der Waals surface area contributed by atoms with Gasteiger partial charge in [0, 0.05) is 12.8 Å². The van der Waals surface area contributed by atoms with Crippen LogP contribution >= 0.6 is 7.82 Å². The first kappa shape index (κ1) is 52.8. The van der Waals surface area contributed by atoms with E-state index in [0.29, 0.717) is 6.42 Å². The minimum absolute atomic E-state index is 0.217. The number of carbonyl (C=O) groups excluding carboxylic acids is 2. The van der Waals surface area contributed by atoms with Crippen LogP contribution in [-0.4, -0.2) is 41.0 Å². The quantitative estimate of drug-likeness (QED) is 0.0271. The van der Waals surface area contributed by atoms with E-state index in [1.165, 1.54) is 167 Å². The first-order valence-electron chi connectivity index (χ1n) is 23.0. The number of carbonyl (C=O) groups is 2. The van der Waals surface area contributed by atoms with E-state index in [9.17, 15) is 14.2 Å². The molecule has 0 aliphatic rings. The van der Waals surface area contributed by atoms with Gasteiger partial charge in [-0.05, 0) is 38.5 Å². The number of phosphoric acid groups is 1. The van der Waals surface area contributed by atoms with Crippen molar-refractivity contribution in [2.75, 3.05) is 13.2 Å². The van der Waals surface area contributed by atoms with Crippen LogP contribution in [-0.2, 0) is 28.2 Å². The summed E-state index contributed by atoms with van der Waals surface area (Å²) in [5, 5.41) is 0. The number of hydrogen-bond donors (Lipinski definition) is 2. The van der Waals surface area contributed by atoms with Crippen LogP contribution in [0.1, 0.15) is 245 Å². The van der Waals surface area contributed by atoms with Gasteiger partial charge in [0.1, 0.15) is 6.61 Å². The highest BCUT2D eigenvalue weighted by atomic mass is 31.2. The molecule has 0 aliphatic heterocycles. The van der Waals surface area contributed by atoms with Crippen LogP contribution in [0.2, 0.25) is 0 Å². The minimum atomic E-state index is -4.75. The van der Waals surface area contributed by atoms with E-state index in [1.807, 2.05) is 0 Å². The minimum Gasteiger partial charge on any atom is -0.462 e. The Labute approximate surface area is 333 Å². The van der Waals surface area contributed by atoms with Gasteiger partial charge < -0.3 is 19.3 Å². The summed E-state index contributed by atoms with van der Waals surface area (Å²) in [6.45, 7) is 3.71. The molecule has 54 heavy (non-hydrogen) atoms. The molecule has 0 radical (unpaired) electrons. The fourth-order valence-corrected chi connectivity index (χ4v) is 7.20. The zero-order valence-corrected chi connectivity index (χ0v) is 36.3. The summed E-state index contributed by atoms with van der Waals surface area (Å²) >= 11 is 0. The molecule has 0 saturated heterocycles. The van der Waals surface area contributed by atoms with Crippen LogP contribution in [0.5, 0.6) is 0 Å². The number of esters is 2. The standard InChI is InChI=1S/C45H87O8P/c1-3-5-7-9-11-13-15-17-19-20-21-22-23-24-26-28-30-32-34-36-38-40-45(47)53-43(42-52-54(48,49)50)41-51-44(46)39-37-35-33-31-29-27-25-18-16-14-12-10-8-6-4-2/h14,16,43H,3-13,15,17-42H2,1-2H3,(H2,48,49,50)/b16-14-/t43-/m1/s1. The Morgan fingerprint density at radius 3 is 1.15 bits per heavy atom.